The number of amides is 3. The molecule has 182 valence electrons. The SMILES string of the molecule is COCCCN1C(=O)CC(CC(=O)NCc2cc(OC)cc(OC)c2)(c2ccccc2C)C1=O. The predicted molar refractivity (Wildman–Crippen MR) is 127 cm³/mol. The molecule has 2 aromatic rings. The molecule has 0 radical (unpaired) electrons. The molecule has 0 aliphatic carbocycles. The molecule has 1 aliphatic rings. The van der Waals surface area contributed by atoms with Gasteiger partial charge < -0.3 is 19.5 Å². The highest BCUT2D eigenvalue weighted by molar-refractivity contribution is 6.10. The highest BCUT2D eigenvalue weighted by atomic mass is 16.5. The molecule has 8 nitrogen and oxygen atoms in total. The summed E-state index contributed by atoms with van der Waals surface area (Å²) in [4.78, 5) is 40.9. The van der Waals surface area contributed by atoms with E-state index in [1.165, 1.54) is 4.90 Å². The van der Waals surface area contributed by atoms with E-state index in [9.17, 15) is 14.4 Å². The van der Waals surface area contributed by atoms with Crippen LogP contribution in [0.15, 0.2) is 42.5 Å². The molecule has 0 bridgehead atoms. The van der Waals surface area contributed by atoms with Gasteiger partial charge in [-0.25, -0.2) is 0 Å². The molecule has 8 heteroatoms. The first kappa shape index (κ1) is 25.2. The quantitative estimate of drug-likeness (QED) is 0.403. The van der Waals surface area contributed by atoms with E-state index in [0.29, 0.717) is 30.1 Å². The van der Waals surface area contributed by atoms with Gasteiger partial charge in [-0.1, -0.05) is 24.3 Å². The van der Waals surface area contributed by atoms with Crippen LogP contribution in [0.1, 0.15) is 36.0 Å². The summed E-state index contributed by atoms with van der Waals surface area (Å²) in [6.07, 6.45) is 0.385. The van der Waals surface area contributed by atoms with Crippen LogP contribution in [0.2, 0.25) is 0 Å². The van der Waals surface area contributed by atoms with E-state index in [0.717, 1.165) is 11.1 Å². The lowest BCUT2D eigenvalue weighted by molar-refractivity contribution is -0.141. The molecular weight excluding hydrogens is 436 g/mol. The lowest BCUT2D eigenvalue weighted by atomic mass is 9.74. The summed E-state index contributed by atoms with van der Waals surface area (Å²) in [5, 5.41) is 2.89. The number of hydrogen-bond donors (Lipinski definition) is 1. The van der Waals surface area contributed by atoms with Gasteiger partial charge >= 0.3 is 0 Å². The molecule has 0 saturated carbocycles. The van der Waals surface area contributed by atoms with Gasteiger partial charge in [0.25, 0.3) is 0 Å². The van der Waals surface area contributed by atoms with Gasteiger partial charge in [0, 0.05) is 45.7 Å². The van der Waals surface area contributed by atoms with E-state index in [1.54, 1.807) is 27.4 Å². The fraction of sp³-hybridized carbons (Fsp3) is 0.423. The molecule has 34 heavy (non-hydrogen) atoms. The lowest BCUT2D eigenvalue weighted by Crippen LogP contribution is -2.43. The van der Waals surface area contributed by atoms with E-state index in [1.807, 2.05) is 43.3 Å². The highest BCUT2D eigenvalue weighted by Gasteiger charge is 2.53. The molecular formula is C26H32N2O6. The Morgan fingerprint density at radius 1 is 1.06 bits per heavy atom. The van der Waals surface area contributed by atoms with Gasteiger partial charge in [0.15, 0.2) is 0 Å². The fourth-order valence-corrected chi connectivity index (χ4v) is 4.45. The molecule has 0 spiro atoms. The van der Waals surface area contributed by atoms with Crippen LogP contribution in [0, 0.1) is 6.92 Å². The van der Waals surface area contributed by atoms with Gasteiger partial charge in [0.05, 0.1) is 19.6 Å². The minimum atomic E-state index is -1.23. The third-order valence-corrected chi connectivity index (χ3v) is 6.16. The van der Waals surface area contributed by atoms with Crippen LogP contribution < -0.4 is 14.8 Å². The zero-order valence-corrected chi connectivity index (χ0v) is 20.2. The molecule has 1 heterocycles. The minimum absolute atomic E-state index is 0.0376. The van der Waals surface area contributed by atoms with E-state index in [4.69, 9.17) is 14.2 Å². The average Bonchev–Trinajstić information content (AvgIpc) is 3.07. The van der Waals surface area contributed by atoms with Gasteiger partial charge in [0.1, 0.15) is 11.5 Å². The molecule has 1 fully saturated rings. The van der Waals surface area contributed by atoms with Crippen molar-refractivity contribution in [1.82, 2.24) is 10.2 Å². The normalized spacial score (nSPS) is 17.7. The Bertz CT molecular complexity index is 1030. The van der Waals surface area contributed by atoms with Crippen molar-refractivity contribution in [2.75, 3.05) is 34.5 Å². The van der Waals surface area contributed by atoms with E-state index < -0.39 is 5.41 Å². The molecule has 1 N–H and O–H groups in total. The number of aryl methyl sites for hydroxylation is 1. The molecule has 1 saturated heterocycles. The van der Waals surface area contributed by atoms with Gasteiger partial charge in [0.2, 0.25) is 17.7 Å². The van der Waals surface area contributed by atoms with Gasteiger partial charge in [-0.2, -0.15) is 0 Å². The number of nitrogens with one attached hydrogen (secondary N) is 1. The van der Waals surface area contributed by atoms with Crippen LogP contribution in [0.25, 0.3) is 0 Å². The van der Waals surface area contributed by atoms with E-state index in [2.05, 4.69) is 5.32 Å². The number of carbonyl (C=O) groups excluding carboxylic acids is 3. The smallest absolute Gasteiger partial charge is 0.240 e. The Morgan fingerprint density at radius 3 is 2.35 bits per heavy atom. The zero-order chi connectivity index (χ0) is 24.7. The van der Waals surface area contributed by atoms with Gasteiger partial charge in [-0.05, 0) is 42.2 Å². The molecule has 1 unspecified atom stereocenters. The van der Waals surface area contributed by atoms with Crippen molar-refractivity contribution >= 4 is 17.7 Å². The number of nitrogens with zero attached hydrogens (tertiary/aromatic N) is 1. The standard InChI is InChI=1S/C26H32N2O6/c1-18-8-5-6-9-22(18)26(16-24(30)28(25(26)31)10-7-11-32-2)15-23(29)27-17-19-12-20(33-3)14-21(13-19)34-4/h5-6,8-9,12-14H,7,10-11,15-17H2,1-4H3,(H,27,29). The average molecular weight is 469 g/mol. The van der Waals surface area contributed by atoms with Crippen LogP contribution in [-0.2, 0) is 31.1 Å². The number of rotatable bonds is 11. The first-order valence-corrected chi connectivity index (χ1v) is 11.2. The topological polar surface area (TPSA) is 94.2 Å². The molecule has 0 aromatic heterocycles. The molecule has 2 aromatic carbocycles. The Kier molecular flexibility index (Phi) is 8.28. The number of imide groups is 1. The first-order valence-electron chi connectivity index (χ1n) is 11.2. The second-order valence-electron chi connectivity index (χ2n) is 8.45. The number of ether oxygens (including phenoxy) is 3. The molecule has 1 atom stereocenters. The lowest BCUT2D eigenvalue weighted by Gasteiger charge is -2.28. The summed E-state index contributed by atoms with van der Waals surface area (Å²) >= 11 is 0. The largest absolute Gasteiger partial charge is 0.497 e. The number of methoxy groups -OCH3 is 3. The monoisotopic (exact) mass is 468 g/mol. The molecule has 3 amide bonds. The number of benzene rings is 2. The van der Waals surface area contributed by atoms with Crippen LogP contribution in [0.5, 0.6) is 11.5 Å². The maximum Gasteiger partial charge on any atom is 0.240 e. The summed E-state index contributed by atoms with van der Waals surface area (Å²) in [6.45, 7) is 2.84. The number of carbonyl (C=O) groups is 3. The third-order valence-electron chi connectivity index (χ3n) is 6.16. The van der Waals surface area contributed by atoms with Crippen molar-refractivity contribution in [2.45, 2.75) is 38.1 Å². The van der Waals surface area contributed by atoms with Crippen molar-refractivity contribution < 1.29 is 28.6 Å². The van der Waals surface area contributed by atoms with Crippen molar-refractivity contribution in [3.05, 3.63) is 59.2 Å². The van der Waals surface area contributed by atoms with Crippen LogP contribution in [0.3, 0.4) is 0 Å². The van der Waals surface area contributed by atoms with Crippen LogP contribution in [-0.4, -0.2) is 57.1 Å². The Balaban J connectivity index is 1.83. The summed E-state index contributed by atoms with van der Waals surface area (Å²) < 4.78 is 15.6. The van der Waals surface area contributed by atoms with Gasteiger partial charge in [-0.15, -0.1) is 0 Å². The predicted octanol–water partition coefficient (Wildman–Crippen LogP) is 2.75. The highest BCUT2D eigenvalue weighted by Crippen LogP contribution is 2.41. The van der Waals surface area contributed by atoms with E-state index in [-0.39, 0.29) is 43.7 Å². The van der Waals surface area contributed by atoms with E-state index >= 15 is 0 Å². The second kappa shape index (κ2) is 11.2. The summed E-state index contributed by atoms with van der Waals surface area (Å²) in [7, 11) is 4.70. The van der Waals surface area contributed by atoms with Crippen LogP contribution in [0.4, 0.5) is 0 Å². The third kappa shape index (κ3) is 5.39. The summed E-state index contributed by atoms with van der Waals surface area (Å²) in [6, 6.07) is 12.8. The minimum Gasteiger partial charge on any atom is -0.497 e. The maximum absolute atomic E-state index is 13.6. The number of likely N-dealkylation sites (tertiary alicyclic amines) is 1. The van der Waals surface area contributed by atoms with Crippen molar-refractivity contribution in [3.63, 3.8) is 0 Å². The number of hydrogen-bond acceptors (Lipinski definition) is 6. The summed E-state index contributed by atoms with van der Waals surface area (Å²) in [5.41, 5.74) is 1.14. The Morgan fingerprint density at radius 2 is 1.74 bits per heavy atom. The molecule has 1 aliphatic heterocycles. The Labute approximate surface area is 200 Å². The Hall–Kier alpha value is -3.39. The fourth-order valence-electron chi connectivity index (χ4n) is 4.45. The van der Waals surface area contributed by atoms with Gasteiger partial charge in [-0.3, -0.25) is 19.3 Å². The van der Waals surface area contributed by atoms with Crippen molar-refractivity contribution in [3.8, 4) is 11.5 Å². The summed E-state index contributed by atoms with van der Waals surface area (Å²) in [5.74, 6) is 0.312. The van der Waals surface area contributed by atoms with Crippen molar-refractivity contribution in [1.29, 1.82) is 0 Å². The first-order chi connectivity index (χ1) is 16.3. The van der Waals surface area contributed by atoms with Crippen LogP contribution >= 0.6 is 0 Å². The maximum atomic E-state index is 13.6. The van der Waals surface area contributed by atoms with Crippen molar-refractivity contribution in [2.24, 2.45) is 0 Å². The zero-order valence-electron chi connectivity index (χ0n) is 20.2. The molecule has 3 rings (SSSR count). The second-order valence-corrected chi connectivity index (χ2v) is 8.45.